The van der Waals surface area contributed by atoms with E-state index in [0.29, 0.717) is 30.7 Å². The smallest absolute Gasteiger partial charge is 0.303 e. The summed E-state index contributed by atoms with van der Waals surface area (Å²) < 4.78 is 29.4. The fourth-order valence-electron chi connectivity index (χ4n) is 4.29. The second-order valence-electron chi connectivity index (χ2n) is 9.05. The van der Waals surface area contributed by atoms with Crippen LogP contribution in [0.2, 0.25) is 0 Å². The Balaban J connectivity index is 1.29. The van der Waals surface area contributed by atoms with Gasteiger partial charge >= 0.3 is 5.97 Å². The van der Waals surface area contributed by atoms with Crippen LogP contribution in [0.4, 0.5) is 14.6 Å². The maximum absolute atomic E-state index is 14.7. The van der Waals surface area contributed by atoms with Crippen LogP contribution in [0, 0.1) is 0 Å². The van der Waals surface area contributed by atoms with Gasteiger partial charge in [0, 0.05) is 49.3 Å². The van der Waals surface area contributed by atoms with Crippen molar-refractivity contribution in [3.8, 4) is 0 Å². The Morgan fingerprint density at radius 2 is 2.00 bits per heavy atom. The summed E-state index contributed by atoms with van der Waals surface area (Å²) in [5, 5.41) is 12.5. The number of rotatable bonds is 11. The lowest BCUT2D eigenvalue weighted by molar-refractivity contribution is -0.138. The quantitative estimate of drug-likeness (QED) is 0.469. The van der Waals surface area contributed by atoms with Crippen LogP contribution in [0.25, 0.3) is 0 Å². The molecule has 1 saturated carbocycles. The molecule has 8 heteroatoms. The minimum absolute atomic E-state index is 0.271. The van der Waals surface area contributed by atoms with E-state index in [-0.39, 0.29) is 12.8 Å². The molecular formula is C24H30F2N4O2. The molecule has 3 heterocycles. The molecule has 1 aliphatic heterocycles. The fourth-order valence-corrected chi connectivity index (χ4v) is 4.29. The molecule has 2 aromatic rings. The minimum Gasteiger partial charge on any atom is -0.481 e. The van der Waals surface area contributed by atoms with Crippen LogP contribution in [0.15, 0.2) is 24.5 Å². The zero-order chi connectivity index (χ0) is 22.6. The predicted octanol–water partition coefficient (Wildman–Crippen LogP) is 5.10. The lowest BCUT2D eigenvalue weighted by atomic mass is 9.89. The molecule has 6 nitrogen and oxygen atoms in total. The molecule has 0 aromatic carbocycles. The number of pyridine rings is 1. The van der Waals surface area contributed by atoms with E-state index in [2.05, 4.69) is 26.3 Å². The molecule has 1 aliphatic carbocycles. The van der Waals surface area contributed by atoms with Crippen molar-refractivity contribution in [1.29, 1.82) is 0 Å². The number of aryl methyl sites for hydroxylation is 2. The molecule has 0 unspecified atom stereocenters. The lowest BCUT2D eigenvalue weighted by Gasteiger charge is -2.22. The molecule has 0 bridgehead atoms. The Labute approximate surface area is 186 Å². The molecular weight excluding hydrogens is 414 g/mol. The van der Waals surface area contributed by atoms with E-state index in [1.807, 2.05) is 6.07 Å². The highest BCUT2D eigenvalue weighted by molar-refractivity contribution is 5.68. The largest absolute Gasteiger partial charge is 0.481 e. The molecule has 2 aliphatic rings. The highest BCUT2D eigenvalue weighted by Gasteiger charge is 2.34. The van der Waals surface area contributed by atoms with E-state index in [1.54, 1.807) is 0 Å². The van der Waals surface area contributed by atoms with Gasteiger partial charge in [-0.25, -0.2) is 23.7 Å². The zero-order valence-corrected chi connectivity index (χ0v) is 18.2. The van der Waals surface area contributed by atoms with E-state index in [9.17, 15) is 18.7 Å². The molecule has 0 saturated heterocycles. The average molecular weight is 445 g/mol. The topological polar surface area (TPSA) is 88.0 Å². The third kappa shape index (κ3) is 6.20. The van der Waals surface area contributed by atoms with Gasteiger partial charge in [-0.2, -0.15) is 0 Å². The third-order valence-electron chi connectivity index (χ3n) is 6.25. The van der Waals surface area contributed by atoms with Gasteiger partial charge in [-0.15, -0.1) is 0 Å². The van der Waals surface area contributed by atoms with Gasteiger partial charge in [0.05, 0.1) is 6.42 Å². The van der Waals surface area contributed by atoms with Crippen LogP contribution < -0.4 is 5.32 Å². The first-order valence-electron chi connectivity index (χ1n) is 11.5. The Bertz CT molecular complexity index is 932. The number of carboxylic acid groups (broad SMARTS) is 1. The van der Waals surface area contributed by atoms with Crippen molar-refractivity contribution >= 4 is 11.8 Å². The fraction of sp³-hybridized carbons (Fsp3) is 0.583. The van der Waals surface area contributed by atoms with Crippen LogP contribution in [-0.4, -0.2) is 38.5 Å². The number of fused-ring (bicyclic) bond motifs is 1. The normalized spacial score (nSPS) is 16.8. The Kier molecular flexibility index (Phi) is 6.96. The molecule has 1 atom stereocenters. The third-order valence-corrected chi connectivity index (χ3v) is 6.25. The van der Waals surface area contributed by atoms with Crippen LogP contribution in [-0.2, 0) is 17.6 Å². The van der Waals surface area contributed by atoms with E-state index < -0.39 is 24.2 Å². The van der Waals surface area contributed by atoms with Gasteiger partial charge in [-0.1, -0.05) is 6.07 Å². The first kappa shape index (κ1) is 22.6. The summed E-state index contributed by atoms with van der Waals surface area (Å²) in [5.41, 5.74) is 2.60. The lowest BCUT2D eigenvalue weighted by Crippen LogP contribution is -2.22. The number of carboxylic acids is 1. The van der Waals surface area contributed by atoms with Gasteiger partial charge in [0.25, 0.3) is 0 Å². The van der Waals surface area contributed by atoms with Crippen molar-refractivity contribution in [1.82, 2.24) is 15.0 Å². The van der Waals surface area contributed by atoms with Crippen LogP contribution in [0.3, 0.4) is 0 Å². The molecule has 4 rings (SSSR count). The van der Waals surface area contributed by atoms with Crippen LogP contribution in [0.5, 0.6) is 0 Å². The second kappa shape index (κ2) is 9.88. The van der Waals surface area contributed by atoms with Gasteiger partial charge in [-0.05, 0) is 62.1 Å². The van der Waals surface area contributed by atoms with Gasteiger partial charge in [-0.3, -0.25) is 4.79 Å². The van der Waals surface area contributed by atoms with Gasteiger partial charge in [0.2, 0.25) is 5.92 Å². The molecule has 1 fully saturated rings. The number of hydrogen-bond acceptors (Lipinski definition) is 5. The second-order valence-corrected chi connectivity index (χ2v) is 9.05. The Morgan fingerprint density at radius 1 is 1.22 bits per heavy atom. The van der Waals surface area contributed by atoms with E-state index >= 15 is 0 Å². The van der Waals surface area contributed by atoms with Crippen molar-refractivity contribution in [2.45, 2.75) is 82.0 Å². The maximum atomic E-state index is 14.7. The van der Waals surface area contributed by atoms with Crippen LogP contribution >= 0.6 is 0 Å². The van der Waals surface area contributed by atoms with Crippen molar-refractivity contribution in [2.75, 3.05) is 11.9 Å². The van der Waals surface area contributed by atoms with E-state index in [0.717, 1.165) is 49.6 Å². The molecule has 0 spiro atoms. The maximum Gasteiger partial charge on any atom is 0.303 e. The van der Waals surface area contributed by atoms with E-state index in [4.69, 9.17) is 0 Å². The Morgan fingerprint density at radius 3 is 2.72 bits per heavy atom. The highest BCUT2D eigenvalue weighted by Crippen LogP contribution is 2.39. The van der Waals surface area contributed by atoms with Gasteiger partial charge in [0.15, 0.2) is 0 Å². The number of aromatic nitrogens is 3. The highest BCUT2D eigenvalue weighted by atomic mass is 19.3. The predicted molar refractivity (Wildman–Crippen MR) is 117 cm³/mol. The number of nitrogens with one attached hydrogen (secondary N) is 1. The first-order chi connectivity index (χ1) is 15.4. The number of aliphatic carboxylic acids is 1. The number of nitrogens with zero attached hydrogens (tertiary/aromatic N) is 3. The molecule has 2 aromatic heterocycles. The van der Waals surface area contributed by atoms with Crippen molar-refractivity contribution in [3.05, 3.63) is 47.2 Å². The van der Waals surface area contributed by atoms with Crippen molar-refractivity contribution in [2.24, 2.45) is 0 Å². The molecule has 172 valence electrons. The number of alkyl halides is 2. The Hall–Kier alpha value is -2.64. The minimum atomic E-state index is -2.94. The summed E-state index contributed by atoms with van der Waals surface area (Å²) in [6, 6.07) is 4.06. The number of anilines is 1. The average Bonchev–Trinajstić information content (AvgIpc) is 3.61. The molecule has 0 radical (unpaired) electrons. The summed E-state index contributed by atoms with van der Waals surface area (Å²) in [6.07, 6.45) is 7.77. The summed E-state index contributed by atoms with van der Waals surface area (Å²) in [6.45, 7) is 0.918. The van der Waals surface area contributed by atoms with Gasteiger partial charge in [0.1, 0.15) is 11.6 Å². The SMILES string of the molecule is O=C(O)C[C@@H](CC(F)(F)CCCCc1ccc2c(n1)NCCC2)c1cnc(C2CC2)nc1. The number of carbonyl (C=O) groups is 1. The first-order valence-corrected chi connectivity index (χ1v) is 11.5. The number of halogens is 2. The summed E-state index contributed by atoms with van der Waals surface area (Å²) in [7, 11) is 0. The van der Waals surface area contributed by atoms with Gasteiger partial charge < -0.3 is 10.4 Å². The van der Waals surface area contributed by atoms with Crippen molar-refractivity contribution in [3.63, 3.8) is 0 Å². The molecule has 32 heavy (non-hydrogen) atoms. The zero-order valence-electron chi connectivity index (χ0n) is 18.2. The van der Waals surface area contributed by atoms with Crippen molar-refractivity contribution < 1.29 is 18.7 Å². The standard InChI is InChI=1S/C24H30F2N4O2/c25-24(26,10-2-1-5-20-9-8-16-4-3-11-27-23(16)30-20)13-18(12-21(31)32)19-14-28-22(29-15-19)17-6-7-17/h8-9,14-15,17-18H,1-7,10-13H2,(H,27,30)(H,31,32)/t18-/m0/s1. The summed E-state index contributed by atoms with van der Waals surface area (Å²) >= 11 is 0. The van der Waals surface area contributed by atoms with Crippen LogP contribution in [0.1, 0.15) is 85.8 Å². The number of hydrogen-bond donors (Lipinski definition) is 2. The summed E-state index contributed by atoms with van der Waals surface area (Å²) in [5.74, 6) is -2.83. The molecule has 2 N–H and O–H groups in total. The summed E-state index contributed by atoms with van der Waals surface area (Å²) in [4.78, 5) is 24.4. The number of unbranched alkanes of at least 4 members (excludes halogenated alkanes) is 1. The van der Waals surface area contributed by atoms with E-state index in [1.165, 1.54) is 18.0 Å². The monoisotopic (exact) mass is 444 g/mol. The molecule has 0 amide bonds.